The first-order chi connectivity index (χ1) is 9.11. The van der Waals surface area contributed by atoms with Crippen molar-refractivity contribution < 1.29 is 9.18 Å². The minimum atomic E-state index is -0.539. The van der Waals surface area contributed by atoms with Crippen LogP contribution in [0.5, 0.6) is 0 Å². The summed E-state index contributed by atoms with van der Waals surface area (Å²) in [6, 6.07) is 1.79. The van der Waals surface area contributed by atoms with Crippen LogP contribution in [-0.2, 0) is 11.2 Å². The SMILES string of the molecule is Cc1cc(-c2nc(Cl)ncc2F)[nH]c1CCNC=O. The van der Waals surface area contributed by atoms with Crippen LogP contribution in [0.15, 0.2) is 12.3 Å². The van der Waals surface area contributed by atoms with Crippen molar-refractivity contribution in [1.82, 2.24) is 20.3 Å². The van der Waals surface area contributed by atoms with E-state index in [1.807, 2.05) is 6.92 Å². The molecule has 2 N–H and O–H groups in total. The number of hydrogen-bond donors (Lipinski definition) is 2. The van der Waals surface area contributed by atoms with Gasteiger partial charge in [-0.05, 0) is 30.2 Å². The molecular formula is C12H12ClFN4O. The number of carbonyl (C=O) groups is 1. The zero-order valence-electron chi connectivity index (χ0n) is 10.2. The van der Waals surface area contributed by atoms with Crippen LogP contribution in [0.3, 0.4) is 0 Å². The normalized spacial score (nSPS) is 10.5. The zero-order chi connectivity index (χ0) is 13.8. The first-order valence-corrected chi connectivity index (χ1v) is 6.03. The molecular weight excluding hydrogens is 271 g/mol. The molecule has 0 saturated heterocycles. The fourth-order valence-corrected chi connectivity index (χ4v) is 1.91. The first-order valence-electron chi connectivity index (χ1n) is 5.65. The largest absolute Gasteiger partial charge is 0.358 e. The molecule has 0 aromatic carbocycles. The van der Waals surface area contributed by atoms with Crippen LogP contribution in [0, 0.1) is 12.7 Å². The molecule has 0 bridgehead atoms. The van der Waals surface area contributed by atoms with Gasteiger partial charge in [-0.25, -0.2) is 14.4 Å². The van der Waals surface area contributed by atoms with Crippen molar-refractivity contribution in [3.63, 3.8) is 0 Å². The van der Waals surface area contributed by atoms with Crippen molar-refractivity contribution in [2.45, 2.75) is 13.3 Å². The predicted molar refractivity (Wildman–Crippen MR) is 69.3 cm³/mol. The molecule has 0 aliphatic carbocycles. The average Bonchev–Trinajstić information content (AvgIpc) is 2.74. The van der Waals surface area contributed by atoms with Gasteiger partial charge in [0.1, 0.15) is 5.69 Å². The lowest BCUT2D eigenvalue weighted by Gasteiger charge is -2.01. The monoisotopic (exact) mass is 282 g/mol. The minimum absolute atomic E-state index is 0.00664. The van der Waals surface area contributed by atoms with E-state index in [4.69, 9.17) is 11.6 Å². The lowest BCUT2D eigenvalue weighted by Crippen LogP contribution is -2.14. The molecule has 2 aromatic heterocycles. The number of carbonyl (C=O) groups excluding carboxylic acids is 1. The van der Waals surface area contributed by atoms with Crippen LogP contribution in [0.4, 0.5) is 4.39 Å². The number of rotatable bonds is 5. The topological polar surface area (TPSA) is 70.7 Å². The van der Waals surface area contributed by atoms with Gasteiger partial charge in [-0.2, -0.15) is 0 Å². The van der Waals surface area contributed by atoms with Crippen LogP contribution < -0.4 is 5.32 Å². The number of hydrogen-bond acceptors (Lipinski definition) is 3. The Bertz CT molecular complexity index is 599. The number of amides is 1. The van der Waals surface area contributed by atoms with Gasteiger partial charge in [-0.1, -0.05) is 0 Å². The number of aryl methyl sites for hydroxylation is 1. The lowest BCUT2D eigenvalue weighted by molar-refractivity contribution is -0.109. The number of nitrogens with zero attached hydrogens (tertiary/aromatic N) is 2. The Hall–Kier alpha value is -1.95. The second-order valence-electron chi connectivity index (χ2n) is 4.00. The maximum atomic E-state index is 13.6. The molecule has 2 aromatic rings. The van der Waals surface area contributed by atoms with Crippen molar-refractivity contribution in [3.8, 4) is 11.4 Å². The number of aromatic amines is 1. The van der Waals surface area contributed by atoms with E-state index >= 15 is 0 Å². The predicted octanol–water partition coefficient (Wildman–Crippen LogP) is 1.86. The summed E-state index contributed by atoms with van der Waals surface area (Å²) in [5, 5.41) is 2.57. The Kier molecular flexibility index (Phi) is 4.11. The van der Waals surface area contributed by atoms with Crippen molar-refractivity contribution in [2.75, 3.05) is 6.54 Å². The molecule has 0 aliphatic rings. The third-order valence-corrected chi connectivity index (χ3v) is 2.88. The maximum Gasteiger partial charge on any atom is 0.223 e. The quantitative estimate of drug-likeness (QED) is 0.499. The van der Waals surface area contributed by atoms with Crippen LogP contribution in [-0.4, -0.2) is 27.9 Å². The highest BCUT2D eigenvalue weighted by Crippen LogP contribution is 2.23. The molecule has 0 aliphatic heterocycles. The Morgan fingerprint density at radius 1 is 1.58 bits per heavy atom. The van der Waals surface area contributed by atoms with Gasteiger partial charge in [0, 0.05) is 18.7 Å². The third-order valence-electron chi connectivity index (χ3n) is 2.69. The Balaban J connectivity index is 2.28. The van der Waals surface area contributed by atoms with Gasteiger partial charge in [0.2, 0.25) is 11.7 Å². The summed E-state index contributed by atoms with van der Waals surface area (Å²) < 4.78 is 13.6. The average molecular weight is 283 g/mol. The molecule has 7 heteroatoms. The van der Waals surface area contributed by atoms with Crippen molar-refractivity contribution in [3.05, 3.63) is 34.6 Å². The molecule has 19 heavy (non-hydrogen) atoms. The molecule has 100 valence electrons. The summed E-state index contributed by atoms with van der Waals surface area (Å²) in [4.78, 5) is 20.7. The standard InChI is InChI=1S/C12H12ClFN4O/c1-7-4-10(17-9(7)2-3-15-6-19)11-8(14)5-16-12(13)18-11/h4-6,17H,2-3H2,1H3,(H,15,19). The highest BCUT2D eigenvalue weighted by molar-refractivity contribution is 6.28. The van der Waals surface area contributed by atoms with Gasteiger partial charge in [-0.15, -0.1) is 0 Å². The van der Waals surface area contributed by atoms with Crippen LogP contribution in [0.1, 0.15) is 11.3 Å². The Labute approximate surface area is 114 Å². The molecule has 0 spiro atoms. The van der Waals surface area contributed by atoms with E-state index in [-0.39, 0.29) is 11.0 Å². The van der Waals surface area contributed by atoms with E-state index in [9.17, 15) is 9.18 Å². The van der Waals surface area contributed by atoms with E-state index in [1.165, 1.54) is 0 Å². The number of nitrogens with one attached hydrogen (secondary N) is 2. The van der Waals surface area contributed by atoms with E-state index in [2.05, 4.69) is 20.3 Å². The fraction of sp³-hybridized carbons (Fsp3) is 0.250. The van der Waals surface area contributed by atoms with Gasteiger partial charge < -0.3 is 10.3 Å². The Morgan fingerprint density at radius 2 is 2.37 bits per heavy atom. The molecule has 0 atom stereocenters. The molecule has 2 heterocycles. The third kappa shape index (κ3) is 3.08. The fourth-order valence-electron chi connectivity index (χ4n) is 1.78. The van der Waals surface area contributed by atoms with Crippen LogP contribution in [0.25, 0.3) is 11.4 Å². The van der Waals surface area contributed by atoms with E-state index < -0.39 is 5.82 Å². The summed E-state index contributed by atoms with van der Waals surface area (Å²) in [6.45, 7) is 2.41. The van der Waals surface area contributed by atoms with Gasteiger partial charge in [0.05, 0.1) is 11.9 Å². The van der Waals surface area contributed by atoms with Gasteiger partial charge in [-0.3, -0.25) is 4.79 Å². The molecule has 0 radical (unpaired) electrons. The zero-order valence-corrected chi connectivity index (χ0v) is 11.0. The molecule has 2 rings (SSSR count). The van der Waals surface area contributed by atoms with E-state index in [1.54, 1.807) is 6.07 Å². The number of halogens is 2. The van der Waals surface area contributed by atoms with Gasteiger partial charge in [0.25, 0.3) is 0 Å². The van der Waals surface area contributed by atoms with Gasteiger partial charge >= 0.3 is 0 Å². The molecule has 1 amide bonds. The molecule has 0 fully saturated rings. The Morgan fingerprint density at radius 3 is 3.11 bits per heavy atom. The second-order valence-corrected chi connectivity index (χ2v) is 4.34. The summed E-state index contributed by atoms with van der Waals surface area (Å²) in [5.74, 6) is -0.539. The minimum Gasteiger partial charge on any atom is -0.358 e. The smallest absolute Gasteiger partial charge is 0.223 e. The van der Waals surface area contributed by atoms with Crippen molar-refractivity contribution >= 4 is 18.0 Å². The van der Waals surface area contributed by atoms with E-state index in [0.717, 1.165) is 17.5 Å². The highest BCUT2D eigenvalue weighted by Gasteiger charge is 2.12. The molecule has 5 nitrogen and oxygen atoms in total. The van der Waals surface area contributed by atoms with E-state index in [0.29, 0.717) is 25.1 Å². The second kappa shape index (κ2) is 5.79. The van der Waals surface area contributed by atoms with Gasteiger partial charge in [0.15, 0.2) is 5.82 Å². The van der Waals surface area contributed by atoms with Crippen LogP contribution >= 0.6 is 11.6 Å². The number of aromatic nitrogens is 3. The highest BCUT2D eigenvalue weighted by atomic mass is 35.5. The molecule has 0 saturated carbocycles. The first kappa shape index (κ1) is 13.5. The van der Waals surface area contributed by atoms with Crippen molar-refractivity contribution in [1.29, 1.82) is 0 Å². The summed E-state index contributed by atoms with van der Waals surface area (Å²) in [6.07, 6.45) is 2.31. The summed E-state index contributed by atoms with van der Waals surface area (Å²) >= 11 is 5.66. The maximum absolute atomic E-state index is 13.6. The summed E-state index contributed by atoms with van der Waals surface area (Å²) in [7, 11) is 0. The summed E-state index contributed by atoms with van der Waals surface area (Å²) in [5.41, 5.74) is 2.56. The van der Waals surface area contributed by atoms with Crippen LogP contribution in [0.2, 0.25) is 5.28 Å². The number of H-pyrrole nitrogens is 1. The lowest BCUT2D eigenvalue weighted by atomic mass is 10.2. The molecule has 0 unspecified atom stereocenters. The van der Waals surface area contributed by atoms with Crippen molar-refractivity contribution in [2.24, 2.45) is 0 Å².